The minimum absolute atomic E-state index is 0.0449. The van der Waals surface area contributed by atoms with Crippen LogP contribution in [0.25, 0.3) is 6.08 Å². The Morgan fingerprint density at radius 3 is 2.62 bits per heavy atom. The zero-order chi connectivity index (χ0) is 28.1. The number of nitriles is 1. The summed E-state index contributed by atoms with van der Waals surface area (Å²) in [7, 11) is 0. The predicted octanol–water partition coefficient (Wildman–Crippen LogP) is 6.90. The molecule has 0 bridgehead atoms. The second kappa shape index (κ2) is 11.8. The van der Waals surface area contributed by atoms with Gasteiger partial charge >= 0.3 is 5.97 Å². The standard InChI is InChI=1S/C32H22ClFN2O4/c33-27-10-3-1-6-20(27)12-15-30(37)39-24-13-14-25-29(17-24)40-32(36)26(18-35)31(25)21-8-5-9-23(16-21)38-19-22-7-2-4-11-28(22)34/h1-17,31H,19,36H2/b15-12+. The van der Waals surface area contributed by atoms with E-state index in [9.17, 15) is 14.4 Å². The van der Waals surface area contributed by atoms with Crippen molar-refractivity contribution >= 4 is 23.6 Å². The van der Waals surface area contributed by atoms with Gasteiger partial charge in [0.05, 0.1) is 5.92 Å². The van der Waals surface area contributed by atoms with E-state index in [0.29, 0.717) is 33.2 Å². The quantitative estimate of drug-likeness (QED) is 0.152. The maximum absolute atomic E-state index is 14.0. The molecular formula is C32H22ClFN2O4. The predicted molar refractivity (Wildman–Crippen MR) is 149 cm³/mol. The van der Waals surface area contributed by atoms with Crippen LogP contribution in [-0.2, 0) is 11.4 Å². The lowest BCUT2D eigenvalue weighted by Crippen LogP contribution is -2.21. The molecule has 8 heteroatoms. The molecule has 1 heterocycles. The van der Waals surface area contributed by atoms with Crippen molar-refractivity contribution in [1.29, 1.82) is 5.26 Å². The highest BCUT2D eigenvalue weighted by molar-refractivity contribution is 6.32. The number of benzene rings is 4. The van der Waals surface area contributed by atoms with E-state index in [-0.39, 0.29) is 29.6 Å². The van der Waals surface area contributed by atoms with Crippen molar-refractivity contribution in [3.05, 3.63) is 142 Å². The SMILES string of the molecule is N#CC1=C(N)Oc2cc(OC(=O)/C=C/c3ccccc3Cl)ccc2C1c1cccc(OCc2ccccc2F)c1. The Morgan fingerprint density at radius 1 is 1.02 bits per heavy atom. The highest BCUT2D eigenvalue weighted by atomic mass is 35.5. The smallest absolute Gasteiger partial charge is 0.336 e. The maximum Gasteiger partial charge on any atom is 0.336 e. The number of carbonyl (C=O) groups is 1. The van der Waals surface area contributed by atoms with Crippen molar-refractivity contribution in [1.82, 2.24) is 0 Å². The van der Waals surface area contributed by atoms with Gasteiger partial charge in [0, 0.05) is 28.3 Å². The fourth-order valence-corrected chi connectivity index (χ4v) is 4.52. The van der Waals surface area contributed by atoms with Crippen LogP contribution in [0, 0.1) is 17.1 Å². The number of carbonyl (C=O) groups excluding carboxylic acids is 1. The summed E-state index contributed by atoms with van der Waals surface area (Å²) in [5.74, 6) is -0.486. The van der Waals surface area contributed by atoms with Gasteiger partial charge in [0.15, 0.2) is 0 Å². The van der Waals surface area contributed by atoms with Crippen LogP contribution in [0.4, 0.5) is 4.39 Å². The number of allylic oxidation sites excluding steroid dienone is 1. The number of nitrogens with two attached hydrogens (primary N) is 1. The van der Waals surface area contributed by atoms with Crippen molar-refractivity contribution in [2.24, 2.45) is 5.73 Å². The van der Waals surface area contributed by atoms with Crippen LogP contribution in [0.15, 0.2) is 109 Å². The van der Waals surface area contributed by atoms with Gasteiger partial charge < -0.3 is 19.9 Å². The number of nitrogens with zero attached hydrogens (tertiary/aromatic N) is 1. The van der Waals surface area contributed by atoms with E-state index >= 15 is 0 Å². The van der Waals surface area contributed by atoms with E-state index in [1.54, 1.807) is 78.9 Å². The van der Waals surface area contributed by atoms with Crippen molar-refractivity contribution in [2.75, 3.05) is 0 Å². The van der Waals surface area contributed by atoms with Crippen LogP contribution in [0.5, 0.6) is 17.2 Å². The molecule has 0 spiro atoms. The molecular weight excluding hydrogens is 531 g/mol. The highest BCUT2D eigenvalue weighted by Crippen LogP contribution is 2.44. The summed E-state index contributed by atoms with van der Waals surface area (Å²) in [5.41, 5.74) is 8.84. The Bertz CT molecular complexity index is 1690. The Hall–Kier alpha value is -5.06. The number of hydrogen-bond donors (Lipinski definition) is 1. The molecule has 6 nitrogen and oxygen atoms in total. The fraction of sp³-hybridized carbons (Fsp3) is 0.0625. The lowest BCUT2D eigenvalue weighted by molar-refractivity contribution is -0.128. The lowest BCUT2D eigenvalue weighted by atomic mass is 9.83. The molecule has 0 amide bonds. The van der Waals surface area contributed by atoms with Gasteiger partial charge in [0.2, 0.25) is 5.88 Å². The molecule has 0 radical (unpaired) electrons. The maximum atomic E-state index is 14.0. The van der Waals surface area contributed by atoms with Crippen LogP contribution in [0.2, 0.25) is 5.02 Å². The van der Waals surface area contributed by atoms with E-state index in [1.165, 1.54) is 12.1 Å². The van der Waals surface area contributed by atoms with E-state index in [0.717, 1.165) is 5.56 Å². The first-order valence-corrected chi connectivity index (χ1v) is 12.6. The molecule has 0 saturated heterocycles. The molecule has 4 aromatic carbocycles. The van der Waals surface area contributed by atoms with Crippen LogP contribution in [0.1, 0.15) is 28.2 Å². The zero-order valence-electron chi connectivity index (χ0n) is 21.0. The van der Waals surface area contributed by atoms with E-state index < -0.39 is 11.9 Å². The average Bonchev–Trinajstić information content (AvgIpc) is 2.95. The van der Waals surface area contributed by atoms with E-state index in [4.69, 9.17) is 31.5 Å². The minimum atomic E-state index is -0.604. The zero-order valence-corrected chi connectivity index (χ0v) is 21.8. The Morgan fingerprint density at radius 2 is 1.82 bits per heavy atom. The van der Waals surface area contributed by atoms with Gasteiger partial charge in [-0.25, -0.2) is 9.18 Å². The number of esters is 1. The Kier molecular flexibility index (Phi) is 7.81. The first kappa shape index (κ1) is 26.5. The molecule has 0 saturated carbocycles. The summed E-state index contributed by atoms with van der Waals surface area (Å²) in [6.07, 6.45) is 2.84. The van der Waals surface area contributed by atoms with Crippen molar-refractivity contribution in [3.8, 4) is 23.3 Å². The Balaban J connectivity index is 1.38. The monoisotopic (exact) mass is 552 g/mol. The topological polar surface area (TPSA) is 94.6 Å². The lowest BCUT2D eigenvalue weighted by Gasteiger charge is -2.27. The molecule has 40 heavy (non-hydrogen) atoms. The summed E-state index contributed by atoms with van der Waals surface area (Å²) in [4.78, 5) is 12.4. The molecule has 2 N–H and O–H groups in total. The summed E-state index contributed by atoms with van der Waals surface area (Å²) in [6, 6.07) is 27.7. The van der Waals surface area contributed by atoms with Crippen molar-refractivity contribution in [2.45, 2.75) is 12.5 Å². The van der Waals surface area contributed by atoms with Crippen molar-refractivity contribution < 1.29 is 23.4 Å². The molecule has 1 aliphatic heterocycles. The van der Waals surface area contributed by atoms with Crippen LogP contribution in [0.3, 0.4) is 0 Å². The Labute approximate surface area is 235 Å². The second-order valence-corrected chi connectivity index (χ2v) is 9.26. The van der Waals surface area contributed by atoms with Crippen molar-refractivity contribution in [3.63, 3.8) is 0 Å². The third-order valence-corrected chi connectivity index (χ3v) is 6.60. The molecule has 198 valence electrons. The number of halogens is 2. The number of hydrogen-bond acceptors (Lipinski definition) is 6. The van der Waals surface area contributed by atoms with Gasteiger partial charge in [-0.1, -0.05) is 66.2 Å². The third-order valence-electron chi connectivity index (χ3n) is 6.26. The molecule has 1 aliphatic rings. The molecule has 4 aromatic rings. The highest BCUT2D eigenvalue weighted by Gasteiger charge is 2.31. The number of rotatable bonds is 7. The van der Waals surface area contributed by atoms with Gasteiger partial charge in [-0.15, -0.1) is 0 Å². The van der Waals surface area contributed by atoms with E-state index in [2.05, 4.69) is 6.07 Å². The molecule has 5 rings (SSSR count). The second-order valence-electron chi connectivity index (χ2n) is 8.85. The number of fused-ring (bicyclic) bond motifs is 1. The molecule has 0 fully saturated rings. The first-order chi connectivity index (χ1) is 19.4. The summed E-state index contributed by atoms with van der Waals surface area (Å²) >= 11 is 6.13. The fourth-order valence-electron chi connectivity index (χ4n) is 4.32. The first-order valence-electron chi connectivity index (χ1n) is 12.2. The van der Waals surface area contributed by atoms with Crippen LogP contribution >= 0.6 is 11.6 Å². The molecule has 1 unspecified atom stereocenters. The van der Waals surface area contributed by atoms with Gasteiger partial charge in [-0.2, -0.15) is 5.26 Å². The average molecular weight is 553 g/mol. The molecule has 1 atom stereocenters. The van der Waals surface area contributed by atoms with Gasteiger partial charge in [0.1, 0.15) is 41.3 Å². The van der Waals surface area contributed by atoms with Gasteiger partial charge in [-0.3, -0.25) is 0 Å². The number of ether oxygens (including phenoxy) is 3. The summed E-state index contributed by atoms with van der Waals surface area (Å²) < 4.78 is 31.1. The van der Waals surface area contributed by atoms with Crippen LogP contribution in [-0.4, -0.2) is 5.97 Å². The molecule has 0 aromatic heterocycles. The van der Waals surface area contributed by atoms with Gasteiger partial charge in [0.25, 0.3) is 0 Å². The minimum Gasteiger partial charge on any atom is -0.489 e. The third kappa shape index (κ3) is 5.83. The van der Waals surface area contributed by atoms with Gasteiger partial charge in [-0.05, 0) is 47.5 Å². The summed E-state index contributed by atoms with van der Waals surface area (Å²) in [6.45, 7) is 0.0449. The van der Waals surface area contributed by atoms with E-state index in [1.807, 2.05) is 12.1 Å². The summed E-state index contributed by atoms with van der Waals surface area (Å²) in [5, 5.41) is 10.4. The van der Waals surface area contributed by atoms with Crippen LogP contribution < -0.4 is 19.9 Å². The normalized spacial score (nSPS) is 14.3. The molecule has 0 aliphatic carbocycles. The largest absolute Gasteiger partial charge is 0.489 e.